The van der Waals surface area contributed by atoms with Crippen molar-refractivity contribution in [3.8, 4) is 11.5 Å². The maximum Gasteiger partial charge on any atom is 0.260 e. The predicted octanol–water partition coefficient (Wildman–Crippen LogP) is 2.61. The molecule has 0 spiro atoms. The van der Waals surface area contributed by atoms with Crippen molar-refractivity contribution in [1.29, 1.82) is 0 Å². The lowest BCUT2D eigenvalue weighted by molar-refractivity contribution is 0.0996. The van der Waals surface area contributed by atoms with E-state index in [1.54, 1.807) is 11.2 Å². The van der Waals surface area contributed by atoms with Crippen LogP contribution in [0.15, 0.2) is 30.6 Å². The standard InChI is InChI=1S/C22H28N8O/c1-5-9-29-13-24-27-21(29)17-7-6-8-19(25-17)30-12-16-15(22(30)31)10-20(26-18(16)11-23)28(4)14(2)3/h6-8,10,13-14H,5,9,11-12,23H2,1-4H3. The summed E-state index contributed by atoms with van der Waals surface area (Å²) in [5, 5.41) is 8.24. The fourth-order valence-electron chi connectivity index (χ4n) is 3.71. The van der Waals surface area contributed by atoms with E-state index < -0.39 is 0 Å². The van der Waals surface area contributed by atoms with Gasteiger partial charge in [-0.25, -0.2) is 9.97 Å². The number of nitrogens with zero attached hydrogens (tertiary/aromatic N) is 7. The van der Waals surface area contributed by atoms with Crippen LogP contribution >= 0.6 is 0 Å². The molecule has 3 aromatic rings. The lowest BCUT2D eigenvalue weighted by atomic mass is 10.1. The Balaban J connectivity index is 1.70. The molecule has 1 aliphatic heterocycles. The van der Waals surface area contributed by atoms with Crippen molar-refractivity contribution < 1.29 is 4.79 Å². The molecule has 162 valence electrons. The molecule has 2 N–H and O–H groups in total. The molecule has 3 aromatic heterocycles. The average Bonchev–Trinajstić information content (AvgIpc) is 3.37. The van der Waals surface area contributed by atoms with Gasteiger partial charge >= 0.3 is 0 Å². The number of amides is 1. The number of aromatic nitrogens is 5. The van der Waals surface area contributed by atoms with E-state index in [2.05, 4.69) is 31.0 Å². The monoisotopic (exact) mass is 420 g/mol. The predicted molar refractivity (Wildman–Crippen MR) is 120 cm³/mol. The van der Waals surface area contributed by atoms with Crippen LogP contribution in [-0.4, -0.2) is 43.7 Å². The number of pyridine rings is 2. The van der Waals surface area contributed by atoms with Gasteiger partial charge in [0.25, 0.3) is 5.91 Å². The largest absolute Gasteiger partial charge is 0.357 e. The summed E-state index contributed by atoms with van der Waals surface area (Å²) in [5.74, 6) is 1.92. The molecule has 9 nitrogen and oxygen atoms in total. The zero-order valence-electron chi connectivity index (χ0n) is 18.4. The smallest absolute Gasteiger partial charge is 0.260 e. The van der Waals surface area contributed by atoms with Crippen molar-refractivity contribution in [2.45, 2.75) is 52.9 Å². The summed E-state index contributed by atoms with van der Waals surface area (Å²) in [6.45, 7) is 7.74. The zero-order chi connectivity index (χ0) is 22.1. The van der Waals surface area contributed by atoms with Crippen LogP contribution in [-0.2, 0) is 19.6 Å². The third-order valence-corrected chi connectivity index (χ3v) is 5.64. The summed E-state index contributed by atoms with van der Waals surface area (Å²) >= 11 is 0. The summed E-state index contributed by atoms with van der Waals surface area (Å²) < 4.78 is 1.97. The van der Waals surface area contributed by atoms with Gasteiger partial charge in [0, 0.05) is 31.7 Å². The molecule has 1 aliphatic rings. The zero-order valence-corrected chi connectivity index (χ0v) is 18.4. The van der Waals surface area contributed by atoms with Crippen LogP contribution in [0.4, 0.5) is 11.6 Å². The fraction of sp³-hybridized carbons (Fsp3) is 0.409. The Morgan fingerprint density at radius 3 is 2.77 bits per heavy atom. The van der Waals surface area contributed by atoms with Gasteiger partial charge in [-0.2, -0.15) is 0 Å². The topological polar surface area (TPSA) is 106 Å². The van der Waals surface area contributed by atoms with E-state index in [-0.39, 0.29) is 18.5 Å². The van der Waals surface area contributed by atoms with Gasteiger partial charge in [0.1, 0.15) is 23.7 Å². The molecule has 0 aromatic carbocycles. The van der Waals surface area contributed by atoms with E-state index >= 15 is 0 Å². The number of carbonyl (C=O) groups is 1. The number of rotatable bonds is 7. The molecular weight excluding hydrogens is 392 g/mol. The van der Waals surface area contributed by atoms with Crippen LogP contribution in [0.25, 0.3) is 11.5 Å². The van der Waals surface area contributed by atoms with E-state index in [4.69, 9.17) is 15.7 Å². The molecule has 1 amide bonds. The minimum Gasteiger partial charge on any atom is -0.357 e. The molecule has 0 saturated heterocycles. The molecule has 0 saturated carbocycles. The number of hydrogen-bond acceptors (Lipinski definition) is 7. The maximum absolute atomic E-state index is 13.3. The first-order valence-electron chi connectivity index (χ1n) is 10.6. The van der Waals surface area contributed by atoms with E-state index in [1.807, 2.05) is 40.8 Å². The number of fused-ring (bicyclic) bond motifs is 1. The Morgan fingerprint density at radius 1 is 1.26 bits per heavy atom. The molecule has 0 fully saturated rings. The molecule has 0 radical (unpaired) electrons. The molecule has 4 heterocycles. The van der Waals surface area contributed by atoms with Crippen LogP contribution in [0.5, 0.6) is 0 Å². The second-order valence-electron chi connectivity index (χ2n) is 7.98. The molecule has 0 unspecified atom stereocenters. The molecular formula is C22H28N8O. The van der Waals surface area contributed by atoms with Crippen molar-refractivity contribution >= 4 is 17.5 Å². The third-order valence-electron chi connectivity index (χ3n) is 5.64. The highest BCUT2D eigenvalue weighted by Gasteiger charge is 2.33. The lowest BCUT2D eigenvalue weighted by Gasteiger charge is -2.23. The summed E-state index contributed by atoms with van der Waals surface area (Å²) in [6.07, 6.45) is 2.67. The third kappa shape index (κ3) is 3.76. The quantitative estimate of drug-likeness (QED) is 0.626. The first-order valence-corrected chi connectivity index (χ1v) is 10.6. The first-order chi connectivity index (χ1) is 14.9. The second kappa shape index (κ2) is 8.43. The highest BCUT2D eigenvalue weighted by molar-refractivity contribution is 6.10. The molecule has 0 atom stereocenters. The number of hydrogen-bond donors (Lipinski definition) is 1. The number of anilines is 2. The van der Waals surface area contributed by atoms with Gasteiger partial charge < -0.3 is 15.2 Å². The molecule has 0 bridgehead atoms. The van der Waals surface area contributed by atoms with E-state index in [0.29, 0.717) is 29.4 Å². The van der Waals surface area contributed by atoms with Crippen LogP contribution in [0.1, 0.15) is 48.8 Å². The van der Waals surface area contributed by atoms with Gasteiger partial charge in [0.15, 0.2) is 5.82 Å². The van der Waals surface area contributed by atoms with Gasteiger partial charge in [-0.1, -0.05) is 13.0 Å². The van der Waals surface area contributed by atoms with Gasteiger partial charge in [-0.05, 0) is 38.5 Å². The minimum absolute atomic E-state index is 0.0924. The van der Waals surface area contributed by atoms with Gasteiger partial charge in [-0.15, -0.1) is 10.2 Å². The molecule has 4 rings (SSSR count). The van der Waals surface area contributed by atoms with Crippen molar-refractivity contribution in [1.82, 2.24) is 24.7 Å². The van der Waals surface area contributed by atoms with Crippen molar-refractivity contribution in [2.24, 2.45) is 5.73 Å². The van der Waals surface area contributed by atoms with Gasteiger partial charge in [0.2, 0.25) is 0 Å². The van der Waals surface area contributed by atoms with E-state index in [1.165, 1.54) is 0 Å². The van der Waals surface area contributed by atoms with E-state index in [0.717, 1.165) is 30.0 Å². The summed E-state index contributed by atoms with van der Waals surface area (Å²) in [7, 11) is 1.97. The lowest BCUT2D eigenvalue weighted by Crippen LogP contribution is -2.27. The van der Waals surface area contributed by atoms with E-state index in [9.17, 15) is 4.79 Å². The first kappa shape index (κ1) is 20.9. The van der Waals surface area contributed by atoms with Crippen LogP contribution in [0, 0.1) is 0 Å². The van der Waals surface area contributed by atoms with Gasteiger partial charge in [-0.3, -0.25) is 9.69 Å². The Bertz CT molecular complexity index is 1110. The normalized spacial score (nSPS) is 13.2. The van der Waals surface area contributed by atoms with Crippen LogP contribution in [0.3, 0.4) is 0 Å². The Kier molecular flexibility index (Phi) is 5.69. The van der Waals surface area contributed by atoms with Crippen LogP contribution in [0.2, 0.25) is 0 Å². The highest BCUT2D eigenvalue weighted by Crippen LogP contribution is 2.32. The Hall–Kier alpha value is -3.33. The van der Waals surface area contributed by atoms with Crippen molar-refractivity contribution in [3.63, 3.8) is 0 Å². The Morgan fingerprint density at radius 2 is 2.06 bits per heavy atom. The number of carbonyl (C=O) groups excluding carboxylic acids is 1. The average molecular weight is 421 g/mol. The number of aryl methyl sites for hydroxylation is 1. The highest BCUT2D eigenvalue weighted by atomic mass is 16.2. The Labute approximate surface area is 181 Å². The van der Waals surface area contributed by atoms with Crippen molar-refractivity contribution in [2.75, 3.05) is 16.8 Å². The molecule has 0 aliphatic carbocycles. The summed E-state index contributed by atoms with van der Waals surface area (Å²) in [4.78, 5) is 26.5. The maximum atomic E-state index is 13.3. The summed E-state index contributed by atoms with van der Waals surface area (Å²) in [5.41, 5.74) is 8.92. The molecule has 9 heteroatoms. The molecule has 31 heavy (non-hydrogen) atoms. The van der Waals surface area contributed by atoms with Crippen molar-refractivity contribution in [3.05, 3.63) is 47.4 Å². The SMILES string of the molecule is CCCn1cnnc1-c1cccc(N2Cc3c(cc(N(C)C(C)C)nc3CN)C2=O)n1. The number of nitrogens with two attached hydrogens (primary N) is 1. The minimum atomic E-state index is -0.0924. The second-order valence-corrected chi connectivity index (χ2v) is 7.98. The van der Waals surface area contributed by atoms with Crippen LogP contribution < -0.4 is 15.5 Å². The van der Waals surface area contributed by atoms with Gasteiger partial charge in [0.05, 0.1) is 17.8 Å². The summed E-state index contributed by atoms with van der Waals surface area (Å²) in [6, 6.07) is 7.72. The fourth-order valence-corrected chi connectivity index (χ4v) is 3.71.